The number of nitrogens with zero attached hydrogens (tertiary/aromatic N) is 4. The molecule has 0 amide bonds. The standard InChI is InChI=1S/C11H10ClN3O2.C9H8N4O4/c12-14-9-4-2-6-5-7(1-3-8(6)9)10-13-11(16)17-15-10;1-17-9(16)6-2-5(8(14)15)12-7-4(10)3-11-13(6)7/h1,3,5,9,14H,2,4H2,(H,13,15,16);2-3H,10H2,1H3,(H,14,15)/t9-;/m0./s1. The third-order valence-electron chi connectivity index (χ3n) is 5.18. The number of aromatic nitrogens is 5. The highest BCUT2D eigenvalue weighted by molar-refractivity contribution is 6.13. The quantitative estimate of drug-likeness (QED) is 0.241. The molecule has 5 rings (SSSR count). The molecule has 3 aromatic heterocycles. The number of carboxylic acid groups (broad SMARTS) is 1. The number of methoxy groups -OCH3 is 1. The van der Waals surface area contributed by atoms with Crippen molar-refractivity contribution in [2.45, 2.75) is 18.9 Å². The number of halogens is 1. The monoisotopic (exact) mass is 487 g/mol. The van der Waals surface area contributed by atoms with Gasteiger partial charge in [-0.1, -0.05) is 17.3 Å². The molecule has 13 nitrogen and oxygen atoms in total. The van der Waals surface area contributed by atoms with Crippen LogP contribution >= 0.6 is 11.8 Å². The second-order valence-corrected chi connectivity index (χ2v) is 7.43. The SMILES string of the molecule is COC(=O)c1cc(C(=O)O)nc2c(N)cnn12.O=c1[nH]c(-c2ccc3c(c2)CC[C@@H]3NCl)no1. The summed E-state index contributed by atoms with van der Waals surface area (Å²) in [4.78, 5) is 42.3. The second-order valence-electron chi connectivity index (χ2n) is 7.22. The number of ether oxygens (including phenoxy) is 1. The van der Waals surface area contributed by atoms with Crippen molar-refractivity contribution in [3.05, 3.63) is 63.5 Å². The number of hydrogen-bond acceptors (Lipinski definition) is 10. The van der Waals surface area contributed by atoms with Crippen LogP contribution in [0.4, 0.5) is 5.69 Å². The zero-order chi connectivity index (χ0) is 24.4. The molecule has 176 valence electrons. The number of aromatic carboxylic acids is 1. The number of aryl methyl sites for hydroxylation is 1. The van der Waals surface area contributed by atoms with Crippen molar-refractivity contribution in [2.75, 3.05) is 12.8 Å². The molecule has 1 aliphatic rings. The van der Waals surface area contributed by atoms with Crippen LogP contribution in [0.1, 0.15) is 44.6 Å². The Morgan fingerprint density at radius 1 is 1.38 bits per heavy atom. The van der Waals surface area contributed by atoms with Gasteiger partial charge in [-0.25, -0.2) is 28.7 Å². The average molecular weight is 488 g/mol. The van der Waals surface area contributed by atoms with E-state index in [9.17, 15) is 14.4 Å². The number of aromatic amines is 1. The molecule has 0 unspecified atom stereocenters. The number of benzene rings is 1. The number of carboxylic acids is 1. The van der Waals surface area contributed by atoms with Crippen LogP contribution in [0.2, 0.25) is 0 Å². The number of nitrogens with two attached hydrogens (primary N) is 1. The Bertz CT molecular complexity index is 1440. The van der Waals surface area contributed by atoms with Gasteiger partial charge >= 0.3 is 17.7 Å². The Labute approximate surface area is 195 Å². The lowest BCUT2D eigenvalue weighted by Crippen LogP contribution is -2.13. The van der Waals surface area contributed by atoms with E-state index in [2.05, 4.69) is 34.3 Å². The summed E-state index contributed by atoms with van der Waals surface area (Å²) in [6, 6.07) is 7.20. The Kier molecular flexibility index (Phi) is 6.30. The lowest BCUT2D eigenvalue weighted by molar-refractivity contribution is 0.0590. The lowest BCUT2D eigenvalue weighted by Gasteiger charge is -2.08. The first kappa shape index (κ1) is 22.9. The molecule has 3 heterocycles. The number of rotatable bonds is 4. The minimum atomic E-state index is -1.27. The summed E-state index contributed by atoms with van der Waals surface area (Å²) >= 11 is 5.67. The van der Waals surface area contributed by atoms with E-state index in [0.29, 0.717) is 5.82 Å². The number of esters is 1. The Morgan fingerprint density at radius 2 is 2.18 bits per heavy atom. The van der Waals surface area contributed by atoms with E-state index in [1.54, 1.807) is 0 Å². The van der Waals surface area contributed by atoms with Crippen molar-refractivity contribution in [3.8, 4) is 11.4 Å². The minimum Gasteiger partial charge on any atom is -0.477 e. The third kappa shape index (κ3) is 4.33. The highest BCUT2D eigenvalue weighted by Crippen LogP contribution is 2.33. The Morgan fingerprint density at radius 3 is 2.82 bits per heavy atom. The molecule has 1 aliphatic carbocycles. The number of carbonyl (C=O) groups is 2. The molecule has 34 heavy (non-hydrogen) atoms. The van der Waals surface area contributed by atoms with Gasteiger partial charge in [0.25, 0.3) is 0 Å². The van der Waals surface area contributed by atoms with E-state index in [4.69, 9.17) is 22.6 Å². The van der Waals surface area contributed by atoms with Crippen molar-refractivity contribution in [1.29, 1.82) is 0 Å². The van der Waals surface area contributed by atoms with Gasteiger partial charge in [-0.05, 0) is 41.8 Å². The zero-order valence-corrected chi connectivity index (χ0v) is 18.4. The summed E-state index contributed by atoms with van der Waals surface area (Å²) in [5, 5.41) is 16.4. The van der Waals surface area contributed by atoms with Gasteiger partial charge in [-0.2, -0.15) is 5.10 Å². The maximum atomic E-state index is 11.5. The molecule has 0 saturated carbocycles. The normalized spacial score (nSPS) is 14.4. The smallest absolute Gasteiger partial charge is 0.439 e. The van der Waals surface area contributed by atoms with Gasteiger partial charge in [0.1, 0.15) is 0 Å². The van der Waals surface area contributed by atoms with Crippen LogP contribution in [0, 0.1) is 0 Å². The largest absolute Gasteiger partial charge is 0.477 e. The number of nitrogen functional groups attached to an aromatic ring is 1. The van der Waals surface area contributed by atoms with E-state index < -0.39 is 17.7 Å². The predicted octanol–water partition coefficient (Wildman–Crippen LogP) is 1.56. The summed E-state index contributed by atoms with van der Waals surface area (Å²) in [7, 11) is 1.18. The van der Waals surface area contributed by atoms with Crippen molar-refractivity contribution < 1.29 is 24.0 Å². The molecule has 0 bridgehead atoms. The van der Waals surface area contributed by atoms with Crippen LogP contribution in [-0.4, -0.2) is 48.9 Å². The van der Waals surface area contributed by atoms with Crippen molar-refractivity contribution in [2.24, 2.45) is 0 Å². The average Bonchev–Trinajstić information content (AvgIpc) is 3.56. The number of anilines is 1. The highest BCUT2D eigenvalue weighted by atomic mass is 35.5. The van der Waals surface area contributed by atoms with Gasteiger partial charge < -0.3 is 15.6 Å². The highest BCUT2D eigenvalue weighted by Gasteiger charge is 2.22. The molecule has 0 radical (unpaired) electrons. The van der Waals surface area contributed by atoms with Crippen LogP contribution in [0.25, 0.3) is 17.0 Å². The molecule has 1 aromatic carbocycles. The number of hydrogen-bond donors (Lipinski definition) is 4. The molecule has 0 aliphatic heterocycles. The fraction of sp³-hybridized carbons (Fsp3) is 0.200. The Balaban J connectivity index is 0.000000161. The topological polar surface area (TPSA) is 191 Å². The van der Waals surface area contributed by atoms with Crippen molar-refractivity contribution in [3.63, 3.8) is 0 Å². The summed E-state index contributed by atoms with van der Waals surface area (Å²) in [6.45, 7) is 0. The number of fused-ring (bicyclic) bond motifs is 2. The van der Waals surface area contributed by atoms with Crippen LogP contribution in [0.3, 0.4) is 0 Å². The molecule has 0 saturated heterocycles. The first-order chi connectivity index (χ1) is 16.3. The van der Waals surface area contributed by atoms with Crippen molar-refractivity contribution >= 4 is 35.0 Å². The Hall–Kier alpha value is -4.23. The summed E-state index contributed by atoms with van der Waals surface area (Å²) < 4.78 is 10.1. The summed E-state index contributed by atoms with van der Waals surface area (Å²) in [5.74, 6) is -2.07. The molecule has 14 heteroatoms. The number of carbonyl (C=O) groups excluding carboxylic acids is 1. The van der Waals surface area contributed by atoms with E-state index in [1.165, 1.54) is 24.4 Å². The van der Waals surface area contributed by atoms with Gasteiger partial charge in [0.2, 0.25) is 0 Å². The molecule has 0 fully saturated rings. The maximum absolute atomic E-state index is 11.5. The van der Waals surface area contributed by atoms with E-state index in [1.807, 2.05) is 18.2 Å². The van der Waals surface area contributed by atoms with Gasteiger partial charge in [-0.3, -0.25) is 9.51 Å². The van der Waals surface area contributed by atoms with E-state index in [0.717, 1.165) is 29.0 Å². The van der Waals surface area contributed by atoms with Gasteiger partial charge in [0.05, 0.1) is 19.0 Å². The molecular weight excluding hydrogens is 470 g/mol. The van der Waals surface area contributed by atoms with E-state index >= 15 is 0 Å². The zero-order valence-electron chi connectivity index (χ0n) is 17.6. The van der Waals surface area contributed by atoms with Gasteiger partial charge in [0, 0.05) is 17.7 Å². The molecule has 4 aromatic rings. The molecule has 0 spiro atoms. The lowest BCUT2D eigenvalue weighted by atomic mass is 10.0. The predicted molar refractivity (Wildman–Crippen MR) is 118 cm³/mol. The van der Waals surface area contributed by atoms with Crippen LogP contribution in [0.15, 0.2) is 39.8 Å². The second kappa shape index (κ2) is 9.33. The number of H-pyrrole nitrogens is 1. The van der Waals surface area contributed by atoms with Crippen LogP contribution < -0.4 is 16.3 Å². The van der Waals surface area contributed by atoms with Crippen LogP contribution in [-0.2, 0) is 11.2 Å². The van der Waals surface area contributed by atoms with E-state index in [-0.39, 0.29) is 28.8 Å². The van der Waals surface area contributed by atoms with Gasteiger partial charge in [0.15, 0.2) is 22.9 Å². The molecule has 1 atom stereocenters. The van der Waals surface area contributed by atoms with Crippen LogP contribution in [0.5, 0.6) is 0 Å². The first-order valence-corrected chi connectivity index (χ1v) is 10.2. The minimum absolute atomic E-state index is 0.0494. The van der Waals surface area contributed by atoms with Crippen molar-refractivity contribution in [1.82, 2.24) is 29.6 Å². The summed E-state index contributed by atoms with van der Waals surface area (Å²) in [5.41, 5.74) is 8.78. The summed E-state index contributed by atoms with van der Waals surface area (Å²) in [6.07, 6.45) is 3.23. The first-order valence-electron chi connectivity index (χ1n) is 9.83. The maximum Gasteiger partial charge on any atom is 0.439 e. The third-order valence-corrected chi connectivity index (χ3v) is 5.44. The molecule has 5 N–H and O–H groups in total. The van der Waals surface area contributed by atoms with Gasteiger partial charge in [-0.15, -0.1) is 0 Å². The molecular formula is C20H18ClN7O6. The fourth-order valence-corrected chi connectivity index (χ4v) is 3.80. The number of nitrogens with one attached hydrogen (secondary N) is 2. The fourth-order valence-electron chi connectivity index (χ4n) is 3.57.